The first-order chi connectivity index (χ1) is 7.15. The third-order valence-electron chi connectivity index (χ3n) is 1.77. The van der Waals surface area contributed by atoms with Crippen molar-refractivity contribution >= 4 is 23.3 Å². The van der Waals surface area contributed by atoms with Gasteiger partial charge in [0, 0.05) is 0 Å². The number of hydrogen-bond donors (Lipinski definition) is 2. The van der Waals surface area contributed by atoms with Crippen LogP contribution < -0.4 is 10.8 Å². The van der Waals surface area contributed by atoms with Gasteiger partial charge in [0.1, 0.15) is 0 Å². The van der Waals surface area contributed by atoms with Crippen molar-refractivity contribution in [3.8, 4) is 0 Å². The Kier molecular flexibility index (Phi) is 4.39. The highest BCUT2D eigenvalue weighted by molar-refractivity contribution is 6.33. The molecule has 1 rings (SSSR count). The van der Waals surface area contributed by atoms with Crippen molar-refractivity contribution in [2.24, 2.45) is 0 Å². The molecule has 1 aromatic carbocycles. The fourth-order valence-electron chi connectivity index (χ4n) is 1.07. The lowest BCUT2D eigenvalue weighted by Gasteiger charge is -2.10. The molecule has 0 unspecified atom stereocenters. The highest BCUT2D eigenvalue weighted by Gasteiger charge is 2.07. The van der Waals surface area contributed by atoms with Gasteiger partial charge in [-0.25, -0.2) is 10.3 Å². The van der Waals surface area contributed by atoms with Crippen molar-refractivity contribution in [1.29, 1.82) is 0 Å². The number of nitrogens with one attached hydrogen (secondary N) is 2. The number of urea groups is 1. The molecule has 0 aliphatic rings. The third-order valence-corrected chi connectivity index (χ3v) is 2.08. The molecular weight excluding hydrogens is 216 g/mol. The summed E-state index contributed by atoms with van der Waals surface area (Å²) in [6, 6.07) is 4.96. The summed E-state index contributed by atoms with van der Waals surface area (Å²) >= 11 is 5.92. The Hall–Kier alpha value is -1.26. The molecule has 0 atom stereocenters. The lowest BCUT2D eigenvalue weighted by atomic mass is 10.2. The summed E-state index contributed by atoms with van der Waals surface area (Å²) in [5.74, 6) is 0. The monoisotopic (exact) mass is 228 g/mol. The van der Waals surface area contributed by atoms with Crippen molar-refractivity contribution in [1.82, 2.24) is 5.48 Å². The van der Waals surface area contributed by atoms with E-state index < -0.39 is 6.03 Å². The molecule has 4 nitrogen and oxygen atoms in total. The first kappa shape index (κ1) is 11.8. The number of anilines is 1. The number of carbonyl (C=O) groups is 1. The number of halogens is 1. The van der Waals surface area contributed by atoms with E-state index in [2.05, 4.69) is 10.8 Å². The average Bonchev–Trinajstić information content (AvgIpc) is 2.21. The fourth-order valence-corrected chi connectivity index (χ4v) is 1.34. The Morgan fingerprint density at radius 2 is 2.27 bits per heavy atom. The zero-order chi connectivity index (χ0) is 11.3. The Morgan fingerprint density at radius 3 is 2.87 bits per heavy atom. The maximum absolute atomic E-state index is 11.3. The molecule has 0 aromatic heterocycles. The number of amides is 2. The Bertz CT molecular complexity index is 335. The average molecular weight is 229 g/mol. The van der Waals surface area contributed by atoms with Gasteiger partial charge in [0.25, 0.3) is 0 Å². The van der Waals surface area contributed by atoms with Gasteiger partial charge in [0.2, 0.25) is 0 Å². The summed E-state index contributed by atoms with van der Waals surface area (Å²) < 4.78 is 0. The van der Waals surface area contributed by atoms with Crippen LogP contribution in [0.3, 0.4) is 0 Å². The topological polar surface area (TPSA) is 50.4 Å². The second-order valence-corrected chi connectivity index (χ2v) is 3.33. The zero-order valence-electron chi connectivity index (χ0n) is 8.63. The molecule has 0 saturated heterocycles. The number of para-hydroxylation sites is 1. The van der Waals surface area contributed by atoms with E-state index in [1.54, 1.807) is 13.0 Å². The first-order valence-electron chi connectivity index (χ1n) is 4.59. The van der Waals surface area contributed by atoms with Crippen LogP contribution in [0.2, 0.25) is 5.02 Å². The van der Waals surface area contributed by atoms with E-state index >= 15 is 0 Å². The number of rotatable bonds is 3. The molecule has 1 aromatic rings. The molecule has 0 aliphatic carbocycles. The highest BCUT2D eigenvalue weighted by Crippen LogP contribution is 2.24. The Balaban J connectivity index is 2.68. The molecule has 15 heavy (non-hydrogen) atoms. The number of hydroxylamine groups is 1. The second kappa shape index (κ2) is 5.58. The molecule has 0 fully saturated rings. The third kappa shape index (κ3) is 3.42. The highest BCUT2D eigenvalue weighted by atomic mass is 35.5. The molecular formula is C10H13ClN2O2. The molecule has 82 valence electrons. The van der Waals surface area contributed by atoms with Crippen LogP contribution in [0.4, 0.5) is 10.5 Å². The van der Waals surface area contributed by atoms with Gasteiger partial charge in [-0.3, -0.25) is 4.84 Å². The van der Waals surface area contributed by atoms with E-state index in [1.807, 2.05) is 19.1 Å². The van der Waals surface area contributed by atoms with Crippen LogP contribution in [0.25, 0.3) is 0 Å². The van der Waals surface area contributed by atoms with Crippen LogP contribution >= 0.6 is 11.6 Å². The largest absolute Gasteiger partial charge is 0.343 e. The van der Waals surface area contributed by atoms with Crippen molar-refractivity contribution < 1.29 is 9.63 Å². The molecule has 2 amide bonds. The summed E-state index contributed by atoms with van der Waals surface area (Å²) in [5.41, 5.74) is 3.72. The van der Waals surface area contributed by atoms with E-state index in [1.165, 1.54) is 0 Å². The van der Waals surface area contributed by atoms with Crippen LogP contribution in [0.15, 0.2) is 18.2 Å². The number of benzene rings is 1. The van der Waals surface area contributed by atoms with E-state index in [-0.39, 0.29) is 0 Å². The van der Waals surface area contributed by atoms with E-state index in [0.717, 1.165) is 5.56 Å². The minimum atomic E-state index is -0.437. The minimum absolute atomic E-state index is 0.412. The zero-order valence-corrected chi connectivity index (χ0v) is 9.39. The number of carbonyl (C=O) groups excluding carboxylic acids is 1. The fraction of sp³-hybridized carbons (Fsp3) is 0.300. The number of aryl methyl sites for hydroxylation is 1. The van der Waals surface area contributed by atoms with Crippen LogP contribution in [0, 0.1) is 6.92 Å². The van der Waals surface area contributed by atoms with Gasteiger partial charge in [-0.1, -0.05) is 23.7 Å². The van der Waals surface area contributed by atoms with Gasteiger partial charge in [0.05, 0.1) is 17.3 Å². The predicted octanol–water partition coefficient (Wildman–Crippen LogP) is 2.72. The molecule has 5 heteroatoms. The van der Waals surface area contributed by atoms with Crippen molar-refractivity contribution in [3.63, 3.8) is 0 Å². The van der Waals surface area contributed by atoms with Crippen LogP contribution in [0.1, 0.15) is 12.5 Å². The lowest BCUT2D eigenvalue weighted by molar-refractivity contribution is 0.0758. The van der Waals surface area contributed by atoms with Gasteiger partial charge in [0.15, 0.2) is 0 Å². The van der Waals surface area contributed by atoms with Crippen molar-refractivity contribution in [2.75, 3.05) is 11.9 Å². The van der Waals surface area contributed by atoms with Gasteiger partial charge < -0.3 is 5.32 Å². The summed E-state index contributed by atoms with van der Waals surface area (Å²) in [6.45, 7) is 4.05. The first-order valence-corrected chi connectivity index (χ1v) is 4.96. The van der Waals surface area contributed by atoms with Crippen LogP contribution in [0.5, 0.6) is 0 Å². The van der Waals surface area contributed by atoms with Crippen molar-refractivity contribution in [3.05, 3.63) is 28.8 Å². The standard InChI is InChI=1S/C10H13ClN2O2/c1-3-15-13-10(14)12-9-7(2)5-4-6-8(9)11/h4-6H,3H2,1-2H3,(H2,12,13,14). The molecule has 0 bridgehead atoms. The van der Waals surface area contributed by atoms with Gasteiger partial charge in [-0.05, 0) is 25.5 Å². The maximum atomic E-state index is 11.3. The van der Waals surface area contributed by atoms with E-state index in [4.69, 9.17) is 16.4 Å². The van der Waals surface area contributed by atoms with Crippen LogP contribution in [-0.4, -0.2) is 12.6 Å². The molecule has 0 spiro atoms. The van der Waals surface area contributed by atoms with E-state index in [0.29, 0.717) is 17.3 Å². The van der Waals surface area contributed by atoms with E-state index in [9.17, 15) is 4.79 Å². The predicted molar refractivity (Wildman–Crippen MR) is 60.0 cm³/mol. The minimum Gasteiger partial charge on any atom is -0.305 e. The molecule has 0 radical (unpaired) electrons. The summed E-state index contributed by atoms with van der Waals surface area (Å²) in [4.78, 5) is 16.0. The van der Waals surface area contributed by atoms with Crippen LogP contribution in [-0.2, 0) is 4.84 Å². The quantitative estimate of drug-likeness (QED) is 0.782. The lowest BCUT2D eigenvalue weighted by Crippen LogP contribution is -2.29. The summed E-state index contributed by atoms with van der Waals surface area (Å²) in [6.07, 6.45) is 0. The van der Waals surface area contributed by atoms with Crippen molar-refractivity contribution in [2.45, 2.75) is 13.8 Å². The smallest absolute Gasteiger partial charge is 0.305 e. The maximum Gasteiger partial charge on any atom is 0.343 e. The van der Waals surface area contributed by atoms with Gasteiger partial charge >= 0.3 is 6.03 Å². The molecule has 0 aliphatic heterocycles. The van der Waals surface area contributed by atoms with Gasteiger partial charge in [-0.2, -0.15) is 0 Å². The molecule has 0 saturated carbocycles. The summed E-state index contributed by atoms with van der Waals surface area (Å²) in [7, 11) is 0. The SMILES string of the molecule is CCONC(=O)Nc1c(C)cccc1Cl. The Morgan fingerprint density at radius 1 is 1.53 bits per heavy atom. The summed E-state index contributed by atoms with van der Waals surface area (Å²) in [5, 5.41) is 3.11. The Labute approximate surface area is 93.5 Å². The van der Waals surface area contributed by atoms with Gasteiger partial charge in [-0.15, -0.1) is 0 Å². The molecule has 0 heterocycles. The normalized spacial score (nSPS) is 9.80. The number of hydrogen-bond acceptors (Lipinski definition) is 2. The second-order valence-electron chi connectivity index (χ2n) is 2.92. The molecule has 2 N–H and O–H groups in total.